The molecule has 19 heavy (non-hydrogen) atoms. The van der Waals surface area contributed by atoms with Gasteiger partial charge in [-0.1, -0.05) is 30.3 Å². The Labute approximate surface area is 115 Å². The van der Waals surface area contributed by atoms with Crippen LogP contribution in [0.3, 0.4) is 0 Å². The number of carbonyl (C=O) groups is 1. The number of amides is 1. The van der Waals surface area contributed by atoms with Gasteiger partial charge in [-0.2, -0.15) is 0 Å². The first-order chi connectivity index (χ1) is 9.24. The Kier molecular flexibility index (Phi) is 4.93. The molecule has 2 atom stereocenters. The molecule has 1 heterocycles. The standard InChI is InChI=1S/C15H23N3O/c1-3-17-15(19)14-11-16-9-10-18(14)12(2)13-7-5-4-6-8-13/h4-8,12,14,16H,3,9-11H2,1-2H3,(H,17,19). The van der Waals surface area contributed by atoms with Crippen LogP contribution in [0.4, 0.5) is 0 Å². The molecule has 0 aliphatic carbocycles. The average Bonchev–Trinajstić information content (AvgIpc) is 2.47. The maximum Gasteiger partial charge on any atom is 0.238 e. The Morgan fingerprint density at radius 1 is 1.47 bits per heavy atom. The van der Waals surface area contributed by atoms with Gasteiger partial charge in [0.2, 0.25) is 5.91 Å². The lowest BCUT2D eigenvalue weighted by Gasteiger charge is -2.39. The summed E-state index contributed by atoms with van der Waals surface area (Å²) in [7, 11) is 0. The smallest absolute Gasteiger partial charge is 0.238 e. The molecule has 2 rings (SSSR count). The van der Waals surface area contributed by atoms with E-state index >= 15 is 0 Å². The maximum absolute atomic E-state index is 12.2. The largest absolute Gasteiger partial charge is 0.355 e. The third-order valence-corrected chi connectivity index (χ3v) is 3.72. The molecular formula is C15H23N3O. The third-order valence-electron chi connectivity index (χ3n) is 3.72. The zero-order valence-electron chi connectivity index (χ0n) is 11.7. The minimum atomic E-state index is -0.0797. The first-order valence-corrected chi connectivity index (χ1v) is 7.03. The van der Waals surface area contributed by atoms with Gasteiger partial charge in [0.05, 0.1) is 0 Å². The van der Waals surface area contributed by atoms with Crippen LogP contribution in [-0.4, -0.2) is 43.0 Å². The summed E-state index contributed by atoms with van der Waals surface area (Å²) >= 11 is 0. The van der Waals surface area contributed by atoms with Crippen molar-refractivity contribution in [3.05, 3.63) is 35.9 Å². The molecule has 0 bridgehead atoms. The number of hydrogen-bond acceptors (Lipinski definition) is 3. The number of hydrogen-bond donors (Lipinski definition) is 2. The number of carbonyl (C=O) groups excluding carboxylic acids is 1. The van der Waals surface area contributed by atoms with Crippen LogP contribution in [0.15, 0.2) is 30.3 Å². The third kappa shape index (κ3) is 3.33. The second kappa shape index (κ2) is 6.68. The molecule has 4 nitrogen and oxygen atoms in total. The lowest BCUT2D eigenvalue weighted by atomic mass is 10.0. The Bertz CT molecular complexity index is 407. The van der Waals surface area contributed by atoms with Crippen molar-refractivity contribution in [3.63, 3.8) is 0 Å². The van der Waals surface area contributed by atoms with Gasteiger partial charge in [0.15, 0.2) is 0 Å². The van der Waals surface area contributed by atoms with Gasteiger partial charge < -0.3 is 10.6 Å². The SMILES string of the molecule is CCNC(=O)C1CNCCN1C(C)c1ccccc1. The summed E-state index contributed by atoms with van der Waals surface area (Å²) < 4.78 is 0. The number of nitrogens with zero attached hydrogens (tertiary/aromatic N) is 1. The van der Waals surface area contributed by atoms with Crippen LogP contribution in [0, 0.1) is 0 Å². The zero-order valence-corrected chi connectivity index (χ0v) is 11.7. The van der Waals surface area contributed by atoms with Crippen LogP contribution in [0.1, 0.15) is 25.5 Å². The quantitative estimate of drug-likeness (QED) is 0.855. The number of likely N-dealkylation sites (N-methyl/N-ethyl adjacent to an activating group) is 1. The monoisotopic (exact) mass is 261 g/mol. The number of rotatable bonds is 4. The molecular weight excluding hydrogens is 238 g/mol. The normalized spacial score (nSPS) is 21.9. The molecule has 1 aliphatic heterocycles. The molecule has 0 spiro atoms. The number of piperazine rings is 1. The average molecular weight is 261 g/mol. The Morgan fingerprint density at radius 2 is 2.21 bits per heavy atom. The van der Waals surface area contributed by atoms with Crippen molar-refractivity contribution >= 4 is 5.91 Å². The first kappa shape index (κ1) is 14.0. The molecule has 2 unspecified atom stereocenters. The Balaban J connectivity index is 2.13. The van der Waals surface area contributed by atoms with Crippen molar-refractivity contribution in [2.24, 2.45) is 0 Å². The van der Waals surface area contributed by atoms with E-state index in [0.717, 1.165) is 19.6 Å². The van der Waals surface area contributed by atoms with Crippen molar-refractivity contribution in [1.82, 2.24) is 15.5 Å². The predicted molar refractivity (Wildman–Crippen MR) is 76.9 cm³/mol. The number of nitrogens with one attached hydrogen (secondary N) is 2. The van der Waals surface area contributed by atoms with Gasteiger partial charge in [-0.25, -0.2) is 0 Å². The molecule has 4 heteroatoms. The highest BCUT2D eigenvalue weighted by Crippen LogP contribution is 2.23. The summed E-state index contributed by atoms with van der Waals surface area (Å²) in [5.41, 5.74) is 1.26. The summed E-state index contributed by atoms with van der Waals surface area (Å²) in [4.78, 5) is 14.4. The molecule has 1 amide bonds. The molecule has 1 aliphatic rings. The molecule has 104 valence electrons. The van der Waals surface area contributed by atoms with E-state index in [0.29, 0.717) is 6.54 Å². The van der Waals surface area contributed by atoms with Crippen molar-refractivity contribution in [2.45, 2.75) is 25.9 Å². The van der Waals surface area contributed by atoms with Gasteiger partial charge in [0.25, 0.3) is 0 Å². The van der Waals surface area contributed by atoms with E-state index in [1.807, 2.05) is 13.0 Å². The van der Waals surface area contributed by atoms with Gasteiger partial charge in [-0.15, -0.1) is 0 Å². The molecule has 2 N–H and O–H groups in total. The Hall–Kier alpha value is -1.39. The van der Waals surface area contributed by atoms with Crippen LogP contribution >= 0.6 is 0 Å². The predicted octanol–water partition coefficient (Wildman–Crippen LogP) is 1.16. The zero-order chi connectivity index (χ0) is 13.7. The van der Waals surface area contributed by atoms with Crippen LogP contribution in [0.25, 0.3) is 0 Å². The van der Waals surface area contributed by atoms with Crippen molar-refractivity contribution in [3.8, 4) is 0 Å². The highest BCUT2D eigenvalue weighted by atomic mass is 16.2. The molecule has 0 aromatic heterocycles. The van der Waals surface area contributed by atoms with E-state index in [2.05, 4.69) is 46.7 Å². The van der Waals surface area contributed by atoms with Gasteiger partial charge >= 0.3 is 0 Å². The highest BCUT2D eigenvalue weighted by Gasteiger charge is 2.31. The van der Waals surface area contributed by atoms with Crippen molar-refractivity contribution < 1.29 is 4.79 Å². The Morgan fingerprint density at radius 3 is 2.89 bits per heavy atom. The van der Waals surface area contributed by atoms with Crippen LogP contribution < -0.4 is 10.6 Å². The molecule has 1 saturated heterocycles. The summed E-state index contributed by atoms with van der Waals surface area (Å²) in [5, 5.41) is 6.24. The highest BCUT2D eigenvalue weighted by molar-refractivity contribution is 5.82. The summed E-state index contributed by atoms with van der Waals surface area (Å²) in [5.74, 6) is 0.123. The molecule has 0 radical (unpaired) electrons. The van der Waals surface area contributed by atoms with Gasteiger partial charge in [-0.05, 0) is 19.4 Å². The van der Waals surface area contributed by atoms with E-state index in [-0.39, 0.29) is 18.0 Å². The second-order valence-corrected chi connectivity index (χ2v) is 4.94. The molecule has 1 aromatic rings. The minimum absolute atomic E-state index is 0.0797. The van der Waals surface area contributed by atoms with Gasteiger partial charge in [0, 0.05) is 32.2 Å². The van der Waals surface area contributed by atoms with E-state index in [1.54, 1.807) is 0 Å². The summed E-state index contributed by atoms with van der Waals surface area (Å²) in [6.07, 6.45) is 0. The lowest BCUT2D eigenvalue weighted by Crippen LogP contribution is -2.58. The van der Waals surface area contributed by atoms with Gasteiger partial charge in [-0.3, -0.25) is 9.69 Å². The topological polar surface area (TPSA) is 44.4 Å². The summed E-state index contributed by atoms with van der Waals surface area (Å²) in [6, 6.07) is 10.6. The fourth-order valence-corrected chi connectivity index (χ4v) is 2.64. The number of benzene rings is 1. The molecule has 1 aromatic carbocycles. The van der Waals surface area contributed by atoms with Crippen molar-refractivity contribution in [1.29, 1.82) is 0 Å². The van der Waals surface area contributed by atoms with E-state index in [9.17, 15) is 4.79 Å². The lowest BCUT2D eigenvalue weighted by molar-refractivity contribution is -0.128. The fourth-order valence-electron chi connectivity index (χ4n) is 2.64. The summed E-state index contributed by atoms with van der Waals surface area (Å²) in [6.45, 7) is 7.38. The van der Waals surface area contributed by atoms with Crippen LogP contribution in [-0.2, 0) is 4.79 Å². The minimum Gasteiger partial charge on any atom is -0.355 e. The van der Waals surface area contributed by atoms with Crippen molar-refractivity contribution in [2.75, 3.05) is 26.2 Å². The maximum atomic E-state index is 12.2. The van der Waals surface area contributed by atoms with E-state index in [4.69, 9.17) is 0 Å². The fraction of sp³-hybridized carbons (Fsp3) is 0.533. The molecule has 1 fully saturated rings. The second-order valence-electron chi connectivity index (χ2n) is 4.94. The van der Waals surface area contributed by atoms with Crippen LogP contribution in [0.5, 0.6) is 0 Å². The van der Waals surface area contributed by atoms with E-state index in [1.165, 1.54) is 5.56 Å². The van der Waals surface area contributed by atoms with Crippen LogP contribution in [0.2, 0.25) is 0 Å². The molecule has 0 saturated carbocycles. The first-order valence-electron chi connectivity index (χ1n) is 7.03. The van der Waals surface area contributed by atoms with Gasteiger partial charge in [0.1, 0.15) is 6.04 Å². The van der Waals surface area contributed by atoms with E-state index < -0.39 is 0 Å².